The van der Waals surface area contributed by atoms with Gasteiger partial charge in [-0.3, -0.25) is 4.99 Å². The van der Waals surface area contributed by atoms with E-state index in [2.05, 4.69) is 4.99 Å². The van der Waals surface area contributed by atoms with Gasteiger partial charge < -0.3 is 0 Å². The predicted molar refractivity (Wildman–Crippen MR) is 48.0 cm³/mol. The van der Waals surface area contributed by atoms with Gasteiger partial charge in [0.1, 0.15) is 0 Å². The van der Waals surface area contributed by atoms with Gasteiger partial charge in [0.05, 0.1) is 5.69 Å². The zero-order chi connectivity index (χ0) is 7.90. The first-order valence-electron chi connectivity index (χ1n) is 3.23. The molecule has 1 heterocycles. The van der Waals surface area contributed by atoms with E-state index in [1.165, 1.54) is 0 Å². The number of hydrogen-bond acceptors (Lipinski definition) is 1. The molecule has 0 unspecified atom stereocenters. The third-order valence-electron chi connectivity index (χ3n) is 1.63. The quantitative estimate of drug-likeness (QED) is 0.552. The zero-order valence-corrected chi connectivity index (χ0v) is 7.10. The van der Waals surface area contributed by atoms with Gasteiger partial charge in [-0.05, 0) is 6.07 Å². The van der Waals surface area contributed by atoms with E-state index in [1.54, 1.807) is 6.21 Å². The van der Waals surface area contributed by atoms with Gasteiger partial charge in [0.25, 0.3) is 0 Å². The first kappa shape index (κ1) is 7.14. The molecule has 3 heteroatoms. The highest BCUT2D eigenvalue weighted by Crippen LogP contribution is 2.42. The molecule has 1 aliphatic heterocycles. The van der Waals surface area contributed by atoms with Crippen LogP contribution in [0.5, 0.6) is 0 Å². The van der Waals surface area contributed by atoms with Crippen molar-refractivity contribution in [1.82, 2.24) is 0 Å². The zero-order valence-electron chi connectivity index (χ0n) is 5.59. The molecule has 0 spiro atoms. The fraction of sp³-hybridized carbons (Fsp3) is 0.125. The Labute approximate surface area is 74.7 Å². The topological polar surface area (TPSA) is 12.4 Å². The Morgan fingerprint density at radius 3 is 2.64 bits per heavy atom. The van der Waals surface area contributed by atoms with E-state index in [4.69, 9.17) is 23.2 Å². The monoisotopic (exact) mass is 185 g/mol. The lowest BCUT2D eigenvalue weighted by atomic mass is 10.1. The molecule has 11 heavy (non-hydrogen) atoms. The number of hydrogen-bond donors (Lipinski definition) is 0. The summed E-state index contributed by atoms with van der Waals surface area (Å²) in [5.41, 5.74) is 1.72. The summed E-state index contributed by atoms with van der Waals surface area (Å²) in [5.74, 6) is 0. The number of rotatable bonds is 0. The van der Waals surface area contributed by atoms with Gasteiger partial charge in [0, 0.05) is 11.8 Å². The summed E-state index contributed by atoms with van der Waals surface area (Å²) in [5, 5.41) is 0. The molecule has 2 rings (SSSR count). The minimum atomic E-state index is -0.920. The summed E-state index contributed by atoms with van der Waals surface area (Å²) < 4.78 is -0.920. The first-order valence-corrected chi connectivity index (χ1v) is 3.98. The first-order chi connectivity index (χ1) is 5.20. The van der Waals surface area contributed by atoms with Crippen LogP contribution in [0.4, 0.5) is 5.69 Å². The van der Waals surface area contributed by atoms with Gasteiger partial charge in [-0.25, -0.2) is 0 Å². The van der Waals surface area contributed by atoms with Crippen LogP contribution in [-0.4, -0.2) is 6.21 Å². The Morgan fingerprint density at radius 1 is 1.18 bits per heavy atom. The van der Waals surface area contributed by atoms with E-state index in [0.29, 0.717) is 0 Å². The lowest BCUT2D eigenvalue weighted by Crippen LogP contribution is -2.06. The van der Waals surface area contributed by atoms with E-state index in [1.807, 2.05) is 24.3 Å². The number of benzene rings is 1. The lowest BCUT2D eigenvalue weighted by molar-refractivity contribution is 1.24. The molecule has 56 valence electrons. The van der Waals surface area contributed by atoms with Gasteiger partial charge in [-0.1, -0.05) is 41.4 Å². The second-order valence-electron chi connectivity index (χ2n) is 2.40. The van der Waals surface area contributed by atoms with Crippen molar-refractivity contribution in [3.8, 4) is 0 Å². The van der Waals surface area contributed by atoms with Crippen LogP contribution in [0, 0.1) is 0 Å². The minimum Gasteiger partial charge on any atom is -0.257 e. The standard InChI is InChI=1S/C8H5Cl2N/c9-8(10)5-11-7-4-2-1-3-6(7)8/h1-5H. The highest BCUT2D eigenvalue weighted by molar-refractivity contribution is 6.56. The van der Waals surface area contributed by atoms with Crippen LogP contribution in [0.3, 0.4) is 0 Å². The summed E-state index contributed by atoms with van der Waals surface area (Å²) in [7, 11) is 0. The van der Waals surface area contributed by atoms with Gasteiger partial charge in [-0.2, -0.15) is 0 Å². The Hall–Kier alpha value is -0.530. The second-order valence-corrected chi connectivity index (χ2v) is 3.78. The van der Waals surface area contributed by atoms with E-state index >= 15 is 0 Å². The van der Waals surface area contributed by atoms with Crippen LogP contribution < -0.4 is 0 Å². The van der Waals surface area contributed by atoms with Crippen LogP contribution in [0.25, 0.3) is 0 Å². The number of aliphatic imine (C=N–C) groups is 1. The minimum absolute atomic E-state index is 0.859. The average molecular weight is 186 g/mol. The van der Waals surface area contributed by atoms with Crippen LogP contribution >= 0.6 is 23.2 Å². The van der Waals surface area contributed by atoms with Crippen molar-refractivity contribution in [2.24, 2.45) is 4.99 Å². The maximum Gasteiger partial charge on any atom is 0.180 e. The molecule has 0 bridgehead atoms. The summed E-state index contributed by atoms with van der Waals surface area (Å²) in [4.78, 5) is 4.06. The van der Waals surface area contributed by atoms with Crippen LogP contribution in [0.2, 0.25) is 0 Å². The van der Waals surface area contributed by atoms with Crippen molar-refractivity contribution in [2.75, 3.05) is 0 Å². The molecule has 0 aromatic heterocycles. The van der Waals surface area contributed by atoms with Crippen molar-refractivity contribution < 1.29 is 0 Å². The summed E-state index contributed by atoms with van der Waals surface area (Å²) in [6.45, 7) is 0. The van der Waals surface area contributed by atoms with Crippen molar-refractivity contribution in [2.45, 2.75) is 4.33 Å². The van der Waals surface area contributed by atoms with Crippen molar-refractivity contribution in [3.05, 3.63) is 29.8 Å². The van der Waals surface area contributed by atoms with E-state index in [9.17, 15) is 0 Å². The molecule has 1 nitrogen and oxygen atoms in total. The smallest absolute Gasteiger partial charge is 0.180 e. The number of fused-ring (bicyclic) bond motifs is 1. The maximum atomic E-state index is 5.91. The fourth-order valence-corrected chi connectivity index (χ4v) is 1.51. The lowest BCUT2D eigenvalue weighted by Gasteiger charge is -2.08. The maximum absolute atomic E-state index is 5.91. The molecule has 0 radical (unpaired) electrons. The van der Waals surface area contributed by atoms with E-state index in [-0.39, 0.29) is 0 Å². The molecule has 1 aromatic rings. The Bertz CT molecular complexity index is 318. The Kier molecular flexibility index (Phi) is 1.44. The number of para-hydroxylation sites is 1. The Morgan fingerprint density at radius 2 is 1.91 bits per heavy atom. The molecule has 1 aromatic carbocycles. The van der Waals surface area contributed by atoms with Crippen LogP contribution in [0.15, 0.2) is 29.3 Å². The SMILES string of the molecule is ClC1(Cl)C=Nc2ccccc21. The van der Waals surface area contributed by atoms with E-state index in [0.717, 1.165) is 11.3 Å². The molecule has 0 saturated carbocycles. The largest absolute Gasteiger partial charge is 0.257 e. The van der Waals surface area contributed by atoms with Gasteiger partial charge >= 0.3 is 0 Å². The third-order valence-corrected chi connectivity index (χ3v) is 2.23. The highest BCUT2D eigenvalue weighted by atomic mass is 35.5. The van der Waals surface area contributed by atoms with E-state index < -0.39 is 4.33 Å². The summed E-state index contributed by atoms with van der Waals surface area (Å²) >= 11 is 11.8. The van der Waals surface area contributed by atoms with Gasteiger partial charge in [0.2, 0.25) is 0 Å². The molecule has 0 N–H and O–H groups in total. The highest BCUT2D eigenvalue weighted by Gasteiger charge is 2.30. The number of alkyl halides is 2. The second kappa shape index (κ2) is 2.23. The van der Waals surface area contributed by atoms with Crippen molar-refractivity contribution in [1.29, 1.82) is 0 Å². The predicted octanol–water partition coefficient (Wildman–Crippen LogP) is 3.03. The fourth-order valence-electron chi connectivity index (χ4n) is 1.09. The number of nitrogens with zero attached hydrogens (tertiary/aromatic N) is 1. The van der Waals surface area contributed by atoms with Gasteiger partial charge in [0.15, 0.2) is 4.33 Å². The average Bonchev–Trinajstić information content (AvgIpc) is 2.29. The summed E-state index contributed by atoms with van der Waals surface area (Å²) in [6, 6.07) is 7.57. The molecule has 0 aliphatic carbocycles. The molecule has 1 aliphatic rings. The van der Waals surface area contributed by atoms with Gasteiger partial charge in [-0.15, -0.1) is 0 Å². The molecule has 0 fully saturated rings. The van der Waals surface area contributed by atoms with Crippen LogP contribution in [0.1, 0.15) is 5.56 Å². The Balaban J connectivity index is 2.64. The number of halogens is 2. The van der Waals surface area contributed by atoms with Crippen molar-refractivity contribution in [3.63, 3.8) is 0 Å². The summed E-state index contributed by atoms with van der Waals surface area (Å²) in [6.07, 6.45) is 1.54. The molecular weight excluding hydrogens is 181 g/mol. The molecule has 0 saturated heterocycles. The van der Waals surface area contributed by atoms with Crippen LogP contribution in [-0.2, 0) is 4.33 Å². The third kappa shape index (κ3) is 1.05. The normalized spacial score (nSPS) is 18.4. The van der Waals surface area contributed by atoms with Crippen molar-refractivity contribution >= 4 is 35.1 Å². The molecule has 0 amide bonds. The molecule has 0 atom stereocenters. The molecular formula is C8H5Cl2N.